The Labute approximate surface area is 156 Å². The minimum atomic E-state index is -0.426. The lowest BCUT2D eigenvalue weighted by molar-refractivity contribution is -0.384. The molecule has 0 unspecified atom stereocenters. The van der Waals surface area contributed by atoms with Crippen LogP contribution in [0.1, 0.15) is 36.3 Å². The number of nitro groups is 1. The number of nitro benzene ring substituents is 1. The van der Waals surface area contributed by atoms with E-state index in [1.54, 1.807) is 16.8 Å². The summed E-state index contributed by atoms with van der Waals surface area (Å²) in [6.07, 6.45) is 1.12. The Hall–Kier alpha value is -3.28. The van der Waals surface area contributed by atoms with Gasteiger partial charge in [0.1, 0.15) is 0 Å². The molecule has 0 saturated carbocycles. The number of para-hydroxylation sites is 1. The molecule has 0 aliphatic heterocycles. The van der Waals surface area contributed by atoms with Crippen molar-refractivity contribution in [2.24, 2.45) is 5.41 Å². The number of fused-ring (bicyclic) bond motifs is 1. The topological polar surface area (TPSA) is 78.0 Å². The molecule has 1 aliphatic carbocycles. The SMILES string of the molecule is CC1(C)CC(=O)c2c(nn(-c3ccccc3)c2-c2cccc([N+](=O)[O-])c2)C1. The van der Waals surface area contributed by atoms with Gasteiger partial charge in [0, 0.05) is 24.1 Å². The number of rotatable bonds is 3. The molecular formula is C21H19N3O3. The van der Waals surface area contributed by atoms with Crippen LogP contribution in [0.3, 0.4) is 0 Å². The number of benzene rings is 2. The molecular weight excluding hydrogens is 342 g/mol. The molecule has 27 heavy (non-hydrogen) atoms. The molecule has 1 aromatic heterocycles. The molecule has 1 aliphatic rings. The molecule has 0 amide bonds. The van der Waals surface area contributed by atoms with Gasteiger partial charge in [0.05, 0.1) is 27.6 Å². The highest BCUT2D eigenvalue weighted by Gasteiger charge is 2.36. The zero-order chi connectivity index (χ0) is 19.2. The number of hydrogen-bond acceptors (Lipinski definition) is 4. The van der Waals surface area contributed by atoms with Crippen molar-refractivity contribution < 1.29 is 9.72 Å². The van der Waals surface area contributed by atoms with Gasteiger partial charge in [-0.3, -0.25) is 14.9 Å². The summed E-state index contributed by atoms with van der Waals surface area (Å²) in [5.74, 6) is 0.0323. The molecule has 1 heterocycles. The Morgan fingerprint density at radius 2 is 1.81 bits per heavy atom. The Morgan fingerprint density at radius 3 is 2.52 bits per heavy atom. The molecule has 0 radical (unpaired) electrons. The Kier molecular flexibility index (Phi) is 3.91. The molecule has 0 bridgehead atoms. The fourth-order valence-electron chi connectivity index (χ4n) is 3.71. The van der Waals surface area contributed by atoms with Gasteiger partial charge >= 0.3 is 0 Å². The van der Waals surface area contributed by atoms with Crippen LogP contribution in [0, 0.1) is 15.5 Å². The summed E-state index contributed by atoms with van der Waals surface area (Å²) >= 11 is 0. The Morgan fingerprint density at radius 1 is 1.07 bits per heavy atom. The van der Waals surface area contributed by atoms with E-state index in [0.717, 1.165) is 11.4 Å². The van der Waals surface area contributed by atoms with Crippen molar-refractivity contribution in [3.05, 3.63) is 76.0 Å². The van der Waals surface area contributed by atoms with E-state index < -0.39 is 4.92 Å². The van der Waals surface area contributed by atoms with Crippen LogP contribution in [0.4, 0.5) is 5.69 Å². The number of aromatic nitrogens is 2. The quantitative estimate of drug-likeness (QED) is 0.504. The molecule has 3 aromatic rings. The third-order valence-corrected chi connectivity index (χ3v) is 4.85. The number of nitrogens with zero attached hydrogens (tertiary/aromatic N) is 3. The van der Waals surface area contributed by atoms with E-state index in [1.165, 1.54) is 12.1 Å². The van der Waals surface area contributed by atoms with Gasteiger partial charge in [0.25, 0.3) is 5.69 Å². The molecule has 0 N–H and O–H groups in total. The first-order chi connectivity index (χ1) is 12.9. The highest BCUT2D eigenvalue weighted by atomic mass is 16.6. The van der Waals surface area contributed by atoms with E-state index in [-0.39, 0.29) is 16.9 Å². The van der Waals surface area contributed by atoms with Crippen LogP contribution in [-0.4, -0.2) is 20.5 Å². The van der Waals surface area contributed by atoms with Crippen molar-refractivity contribution in [1.82, 2.24) is 9.78 Å². The first-order valence-electron chi connectivity index (χ1n) is 8.81. The second-order valence-electron chi connectivity index (χ2n) is 7.67. The normalized spacial score (nSPS) is 15.4. The zero-order valence-corrected chi connectivity index (χ0v) is 15.2. The van der Waals surface area contributed by atoms with Gasteiger partial charge in [-0.2, -0.15) is 5.10 Å². The van der Waals surface area contributed by atoms with E-state index in [4.69, 9.17) is 5.10 Å². The molecule has 0 atom stereocenters. The van der Waals surface area contributed by atoms with Gasteiger partial charge in [-0.15, -0.1) is 0 Å². The fraction of sp³-hybridized carbons (Fsp3) is 0.238. The summed E-state index contributed by atoms with van der Waals surface area (Å²) in [6, 6.07) is 15.9. The second kappa shape index (κ2) is 6.16. The van der Waals surface area contributed by atoms with Crippen molar-refractivity contribution in [2.75, 3.05) is 0 Å². The van der Waals surface area contributed by atoms with Crippen molar-refractivity contribution in [1.29, 1.82) is 0 Å². The van der Waals surface area contributed by atoms with Gasteiger partial charge < -0.3 is 0 Å². The molecule has 6 nitrogen and oxygen atoms in total. The van der Waals surface area contributed by atoms with Crippen molar-refractivity contribution in [3.63, 3.8) is 0 Å². The molecule has 2 aromatic carbocycles. The summed E-state index contributed by atoms with van der Waals surface area (Å²) in [5.41, 5.74) is 3.24. The van der Waals surface area contributed by atoms with Gasteiger partial charge in [-0.05, 0) is 24.0 Å². The van der Waals surface area contributed by atoms with Crippen LogP contribution in [0.25, 0.3) is 16.9 Å². The predicted octanol–water partition coefficient (Wildman–Crippen LogP) is 4.60. The Balaban J connectivity index is 2.00. The van der Waals surface area contributed by atoms with E-state index in [9.17, 15) is 14.9 Å². The van der Waals surface area contributed by atoms with E-state index in [0.29, 0.717) is 29.7 Å². The van der Waals surface area contributed by atoms with Gasteiger partial charge in [-0.25, -0.2) is 4.68 Å². The number of hydrogen-bond donors (Lipinski definition) is 0. The number of Topliss-reactive ketones (excluding diaryl/α,β-unsaturated/α-hetero) is 1. The lowest BCUT2D eigenvalue weighted by atomic mass is 9.75. The average Bonchev–Trinajstić information content (AvgIpc) is 3.01. The van der Waals surface area contributed by atoms with E-state index >= 15 is 0 Å². The van der Waals surface area contributed by atoms with Crippen molar-refractivity contribution in [2.45, 2.75) is 26.7 Å². The van der Waals surface area contributed by atoms with Crippen LogP contribution in [-0.2, 0) is 6.42 Å². The number of carbonyl (C=O) groups is 1. The minimum absolute atomic E-state index is 0.00866. The van der Waals surface area contributed by atoms with E-state index in [1.807, 2.05) is 30.3 Å². The van der Waals surface area contributed by atoms with Crippen LogP contribution < -0.4 is 0 Å². The average molecular weight is 361 g/mol. The van der Waals surface area contributed by atoms with Crippen molar-refractivity contribution in [3.8, 4) is 16.9 Å². The molecule has 0 fully saturated rings. The van der Waals surface area contributed by atoms with Crippen molar-refractivity contribution >= 4 is 11.5 Å². The molecule has 0 spiro atoms. The largest absolute Gasteiger partial charge is 0.294 e. The molecule has 4 rings (SSSR count). The number of non-ortho nitro benzene ring substituents is 1. The lowest BCUT2D eigenvalue weighted by Gasteiger charge is -2.27. The standard InChI is InChI=1S/C21H19N3O3/c1-21(2)12-17-19(18(25)13-21)20(14-7-6-10-16(11-14)24(26)27)23(22-17)15-8-4-3-5-9-15/h3-11H,12-13H2,1-2H3. The smallest absolute Gasteiger partial charge is 0.270 e. The second-order valence-corrected chi connectivity index (χ2v) is 7.67. The van der Waals surface area contributed by atoms with Gasteiger partial charge in [0.15, 0.2) is 5.78 Å². The lowest BCUT2D eigenvalue weighted by Crippen LogP contribution is -2.26. The summed E-state index contributed by atoms with van der Waals surface area (Å²) in [4.78, 5) is 23.8. The van der Waals surface area contributed by atoms with Crippen LogP contribution in [0.15, 0.2) is 54.6 Å². The summed E-state index contributed by atoms with van der Waals surface area (Å²) in [5, 5.41) is 16.0. The summed E-state index contributed by atoms with van der Waals surface area (Å²) < 4.78 is 1.74. The molecule has 136 valence electrons. The molecule has 6 heteroatoms. The van der Waals surface area contributed by atoms with Crippen LogP contribution >= 0.6 is 0 Å². The van der Waals surface area contributed by atoms with Gasteiger partial charge in [-0.1, -0.05) is 44.2 Å². The third-order valence-electron chi connectivity index (χ3n) is 4.85. The first kappa shape index (κ1) is 17.1. The monoisotopic (exact) mass is 361 g/mol. The highest BCUT2D eigenvalue weighted by molar-refractivity contribution is 6.04. The maximum absolute atomic E-state index is 13.0. The Bertz CT molecular complexity index is 1050. The third kappa shape index (κ3) is 3.03. The van der Waals surface area contributed by atoms with Crippen LogP contribution in [0.5, 0.6) is 0 Å². The minimum Gasteiger partial charge on any atom is -0.294 e. The summed E-state index contributed by atoms with van der Waals surface area (Å²) in [7, 11) is 0. The summed E-state index contributed by atoms with van der Waals surface area (Å²) in [6.45, 7) is 4.12. The highest BCUT2D eigenvalue weighted by Crippen LogP contribution is 2.40. The van der Waals surface area contributed by atoms with E-state index in [2.05, 4.69) is 13.8 Å². The molecule has 0 saturated heterocycles. The first-order valence-corrected chi connectivity index (χ1v) is 8.81. The van der Waals surface area contributed by atoms with Gasteiger partial charge in [0.2, 0.25) is 0 Å². The fourth-order valence-corrected chi connectivity index (χ4v) is 3.71. The maximum atomic E-state index is 13.0. The predicted molar refractivity (Wildman–Crippen MR) is 102 cm³/mol. The number of carbonyl (C=O) groups excluding carboxylic acids is 1. The van der Waals surface area contributed by atoms with Crippen LogP contribution in [0.2, 0.25) is 0 Å². The number of ketones is 1. The maximum Gasteiger partial charge on any atom is 0.270 e. The zero-order valence-electron chi connectivity index (χ0n) is 15.2.